The zero-order valence-corrected chi connectivity index (χ0v) is 36.6. The highest BCUT2D eigenvalue weighted by Crippen LogP contribution is 2.45. The van der Waals surface area contributed by atoms with Crippen LogP contribution in [0.5, 0.6) is 0 Å². The van der Waals surface area contributed by atoms with Crippen molar-refractivity contribution in [2.24, 2.45) is 0 Å². The Kier molecular flexibility index (Phi) is 10.2. The lowest BCUT2D eigenvalue weighted by Crippen LogP contribution is -2.79. The number of carbonyl (C=O) groups excluding carboxylic acids is 4. The highest BCUT2D eigenvalue weighted by atomic mass is 32.2. The number of nitrogens with zero attached hydrogens (tertiary/aromatic N) is 6. The Morgan fingerprint density at radius 3 is 2.35 bits per heavy atom. The van der Waals surface area contributed by atoms with Crippen LogP contribution in [0.2, 0.25) is 0 Å². The van der Waals surface area contributed by atoms with Crippen molar-refractivity contribution in [2.75, 3.05) is 60.3 Å². The first kappa shape index (κ1) is 42.3. The molecule has 5 aromatic rings. The number of pyridine rings is 1. The number of alkyl halides is 1. The van der Waals surface area contributed by atoms with Gasteiger partial charge in [-0.1, -0.05) is 12.1 Å². The maximum atomic E-state index is 15.8. The molecule has 3 amide bonds. The molecule has 6 aliphatic heterocycles. The molecule has 8 heterocycles. The van der Waals surface area contributed by atoms with Gasteiger partial charge in [0.05, 0.1) is 16.8 Å². The number of H-pyrrole nitrogens is 1. The van der Waals surface area contributed by atoms with Crippen LogP contribution in [0.1, 0.15) is 70.4 Å². The minimum absolute atomic E-state index is 0.00285. The summed E-state index contributed by atoms with van der Waals surface area (Å²) >= 11 is 0. The van der Waals surface area contributed by atoms with Gasteiger partial charge in [-0.15, -0.1) is 0 Å². The van der Waals surface area contributed by atoms with Crippen LogP contribution in [0, 0.1) is 11.6 Å². The molecule has 5 saturated heterocycles. The van der Waals surface area contributed by atoms with E-state index in [1.54, 1.807) is 17.2 Å². The minimum Gasteiger partial charge on any atom is -0.371 e. The third-order valence-corrected chi connectivity index (χ3v) is 16.0. The van der Waals surface area contributed by atoms with Gasteiger partial charge in [-0.2, -0.15) is 12.7 Å². The third-order valence-electron chi connectivity index (χ3n) is 14.5. The topological polar surface area (TPSA) is 171 Å². The van der Waals surface area contributed by atoms with E-state index in [1.807, 2.05) is 29.0 Å². The lowest BCUT2D eigenvalue weighted by Gasteiger charge is -2.66. The number of rotatable bonds is 10. The summed E-state index contributed by atoms with van der Waals surface area (Å²) in [6.45, 7) is 4.59. The van der Waals surface area contributed by atoms with E-state index in [4.69, 9.17) is 0 Å². The van der Waals surface area contributed by atoms with E-state index in [1.165, 1.54) is 6.20 Å². The summed E-state index contributed by atoms with van der Waals surface area (Å²) in [7, 11) is -4.36. The molecule has 342 valence electrons. The molecule has 15 nitrogen and oxygen atoms in total. The minimum atomic E-state index is -4.36. The monoisotopic (exact) mass is 921 g/mol. The highest BCUT2D eigenvalue weighted by Gasteiger charge is 2.55. The second-order valence-corrected chi connectivity index (χ2v) is 20.0. The third kappa shape index (κ3) is 7.18. The molecular formula is C47H46F3N9O6S. The molecule has 0 aliphatic carbocycles. The van der Waals surface area contributed by atoms with E-state index < -0.39 is 57.0 Å². The zero-order chi connectivity index (χ0) is 45.6. The zero-order valence-electron chi connectivity index (χ0n) is 35.7. The molecule has 1 unspecified atom stereocenters. The van der Waals surface area contributed by atoms with Crippen molar-refractivity contribution < 1.29 is 40.8 Å². The molecule has 19 heteroatoms. The Morgan fingerprint density at radius 1 is 0.864 bits per heavy atom. The van der Waals surface area contributed by atoms with Gasteiger partial charge in [0, 0.05) is 111 Å². The number of hydrogen-bond acceptors (Lipinski definition) is 10. The molecule has 66 heavy (non-hydrogen) atoms. The number of carbonyl (C=O) groups is 4. The average molecular weight is 922 g/mol. The van der Waals surface area contributed by atoms with E-state index in [0.717, 1.165) is 90.9 Å². The van der Waals surface area contributed by atoms with E-state index in [0.29, 0.717) is 41.2 Å². The molecule has 5 fully saturated rings. The van der Waals surface area contributed by atoms with E-state index >= 15 is 8.78 Å². The van der Waals surface area contributed by atoms with Crippen LogP contribution in [0.25, 0.3) is 22.2 Å². The summed E-state index contributed by atoms with van der Waals surface area (Å²) in [5.74, 6) is -4.43. The lowest BCUT2D eigenvalue weighted by atomic mass is 9.75. The summed E-state index contributed by atoms with van der Waals surface area (Å²) in [4.78, 5) is 67.6. The van der Waals surface area contributed by atoms with Crippen molar-refractivity contribution in [3.63, 3.8) is 0 Å². The van der Waals surface area contributed by atoms with Gasteiger partial charge in [-0.3, -0.25) is 34.1 Å². The summed E-state index contributed by atoms with van der Waals surface area (Å²) in [6.07, 6.45) is 5.38. The number of amides is 3. The first-order chi connectivity index (χ1) is 31.7. The number of imide groups is 1. The molecule has 1 spiro atoms. The number of piperidine rings is 2. The lowest BCUT2D eigenvalue weighted by molar-refractivity contribution is -0.136. The maximum Gasteiger partial charge on any atom is 0.301 e. The Labute approximate surface area is 378 Å². The molecule has 2 aromatic heterocycles. The number of halogens is 3. The molecule has 2 atom stereocenters. The van der Waals surface area contributed by atoms with Gasteiger partial charge in [-0.25, -0.2) is 18.2 Å². The number of nitrogens with one attached hydrogen (secondary N) is 3. The average Bonchev–Trinajstić information content (AvgIpc) is 4.01. The fourth-order valence-electron chi connectivity index (χ4n) is 10.8. The standard InChI is InChI=1S/C47H46F3N9O6S/c48-30-11-17-57(24-30)66(64,65)54-38-8-7-37(49)41(42(38)50)43(61)36-22-52-44-35(36)20-28(21-51-44)27-1-3-31(4-2-27)56-25-47(26-56)14-18-59(47)32-12-15-55(16-13-32)33-5-6-34-29(19-33)23-58(46(34)63)39-9-10-40(60)53-45(39)62/h1-8,19-22,30,32,39,54H,9-18,23-26H2,(H,51,52)(H,53,60,62)/t30-,39?/m1/s1. The summed E-state index contributed by atoms with van der Waals surface area (Å²) in [5, 5.41) is 2.70. The molecule has 11 rings (SSSR count). The van der Waals surface area contributed by atoms with Crippen molar-refractivity contribution >= 4 is 61.8 Å². The van der Waals surface area contributed by atoms with Crippen LogP contribution < -0.4 is 19.8 Å². The highest BCUT2D eigenvalue weighted by molar-refractivity contribution is 7.90. The van der Waals surface area contributed by atoms with Gasteiger partial charge in [-0.05, 0) is 91.8 Å². The van der Waals surface area contributed by atoms with Crippen LogP contribution >= 0.6 is 0 Å². The Bertz CT molecular complexity index is 2950. The van der Waals surface area contributed by atoms with Gasteiger partial charge in [0.25, 0.3) is 5.91 Å². The number of anilines is 3. The smallest absolute Gasteiger partial charge is 0.301 e. The van der Waals surface area contributed by atoms with Crippen molar-refractivity contribution in [1.82, 2.24) is 29.4 Å². The fourth-order valence-corrected chi connectivity index (χ4v) is 12.1. The molecule has 0 saturated carbocycles. The summed E-state index contributed by atoms with van der Waals surface area (Å²) in [5.41, 5.74) is 4.06. The molecule has 3 N–H and O–H groups in total. The van der Waals surface area contributed by atoms with Gasteiger partial charge in [0.2, 0.25) is 17.6 Å². The second kappa shape index (κ2) is 15.9. The SMILES string of the molecule is O=C1CCC(N2Cc3cc(N4CCC(N5CCC56CN(c5ccc(-c7cnc8[nH]cc(C(=O)c9c(F)ccc(NS(=O)(=O)N%10CC[C@@H](F)C%10)c9F)c8c7)cc5)C6)CC4)ccc3C2=O)C(=O)N1. The first-order valence-corrected chi connectivity index (χ1v) is 23.8. The fraction of sp³-hybridized carbons (Fsp3) is 0.383. The predicted molar refractivity (Wildman–Crippen MR) is 239 cm³/mol. The molecule has 0 bridgehead atoms. The number of fused-ring (bicyclic) bond motifs is 2. The van der Waals surface area contributed by atoms with Crippen molar-refractivity contribution in [3.8, 4) is 11.1 Å². The van der Waals surface area contributed by atoms with Crippen LogP contribution in [-0.2, 0) is 26.3 Å². The van der Waals surface area contributed by atoms with Crippen LogP contribution in [0.3, 0.4) is 0 Å². The van der Waals surface area contributed by atoms with Crippen LogP contribution in [0.4, 0.5) is 30.2 Å². The Morgan fingerprint density at radius 2 is 1.64 bits per heavy atom. The van der Waals surface area contributed by atoms with Crippen molar-refractivity contribution in [2.45, 2.75) is 68.9 Å². The normalized spacial score (nSPS) is 22.5. The molecule has 6 aliphatic rings. The van der Waals surface area contributed by atoms with Crippen LogP contribution in [0.15, 0.2) is 73.1 Å². The second-order valence-electron chi connectivity index (χ2n) is 18.3. The van der Waals surface area contributed by atoms with Crippen molar-refractivity contribution in [1.29, 1.82) is 0 Å². The van der Waals surface area contributed by atoms with Crippen molar-refractivity contribution in [3.05, 3.63) is 107 Å². The Balaban J connectivity index is 0.716. The van der Waals surface area contributed by atoms with Crippen LogP contribution in [-0.4, -0.2) is 126 Å². The molecule has 0 radical (unpaired) electrons. The predicted octanol–water partition coefficient (Wildman–Crippen LogP) is 5.13. The molecular weight excluding hydrogens is 876 g/mol. The van der Waals surface area contributed by atoms with E-state index in [-0.39, 0.29) is 48.8 Å². The number of benzene rings is 3. The summed E-state index contributed by atoms with van der Waals surface area (Å²) in [6, 6.07) is 17.3. The number of hydrogen-bond donors (Lipinski definition) is 3. The van der Waals surface area contributed by atoms with E-state index in [9.17, 15) is 32.0 Å². The van der Waals surface area contributed by atoms with E-state index in [2.05, 4.69) is 48.2 Å². The number of aromatic nitrogens is 2. The van der Waals surface area contributed by atoms with Gasteiger partial charge in [0.1, 0.15) is 23.7 Å². The first-order valence-electron chi connectivity index (χ1n) is 22.3. The number of ketones is 1. The van der Waals surface area contributed by atoms with Gasteiger partial charge in [0.15, 0.2) is 5.82 Å². The number of likely N-dealkylation sites (tertiary alicyclic amines) is 1. The number of aromatic amines is 1. The quantitative estimate of drug-likeness (QED) is 0.126. The Hall–Kier alpha value is -6.31. The largest absolute Gasteiger partial charge is 0.371 e. The maximum absolute atomic E-state index is 15.8. The van der Waals surface area contributed by atoms with Gasteiger partial charge < -0.3 is 19.7 Å². The summed E-state index contributed by atoms with van der Waals surface area (Å²) < 4.78 is 73.2. The van der Waals surface area contributed by atoms with Gasteiger partial charge >= 0.3 is 10.2 Å². The molecule has 3 aromatic carbocycles.